The van der Waals surface area contributed by atoms with E-state index < -0.39 is 0 Å². The van der Waals surface area contributed by atoms with Gasteiger partial charge in [0.15, 0.2) is 5.78 Å². The molecular formula is C18H18FI2NO. The van der Waals surface area contributed by atoms with Crippen molar-refractivity contribution in [3.05, 3.63) is 62.7 Å². The number of Topliss-reactive ketones (excluding diaryl/α,β-unsaturated/α-hetero) is 1. The molecule has 1 heterocycles. The molecule has 0 N–H and O–H groups in total. The first-order valence-electron chi connectivity index (χ1n) is 7.42. The van der Waals surface area contributed by atoms with E-state index in [4.69, 9.17) is 0 Å². The maximum absolute atomic E-state index is 14.1. The third kappa shape index (κ3) is 5.20. The van der Waals surface area contributed by atoms with Crippen LogP contribution in [0.3, 0.4) is 0 Å². The predicted octanol–water partition coefficient (Wildman–Crippen LogP) is 5.45. The molecule has 0 aliphatic heterocycles. The molecule has 2 unspecified atom stereocenters. The average Bonchev–Trinajstić information content (AvgIpc) is 2.50. The summed E-state index contributed by atoms with van der Waals surface area (Å²) in [7, 11) is 0. The molecule has 23 heavy (non-hydrogen) atoms. The second-order valence-corrected chi connectivity index (χ2v) is 8.94. The summed E-state index contributed by atoms with van der Waals surface area (Å²) in [6.07, 6.45) is 4.17. The molecule has 2 rings (SSSR count). The molecule has 2 nitrogen and oxygen atoms in total. The first-order valence-corrected chi connectivity index (χ1v) is 9.75. The lowest BCUT2D eigenvalue weighted by Crippen LogP contribution is -2.14. The first kappa shape index (κ1) is 18.8. The van der Waals surface area contributed by atoms with Crippen LogP contribution in [0.2, 0.25) is 0 Å². The second-order valence-electron chi connectivity index (χ2n) is 5.73. The Kier molecular flexibility index (Phi) is 6.94. The molecule has 5 heteroatoms. The number of benzene rings is 1. The molecule has 0 saturated heterocycles. The minimum atomic E-state index is -0.242. The molecule has 2 atom stereocenters. The van der Waals surface area contributed by atoms with Gasteiger partial charge in [0.25, 0.3) is 0 Å². The summed E-state index contributed by atoms with van der Waals surface area (Å²) in [4.78, 5) is 16.7. The Morgan fingerprint density at radius 3 is 2.65 bits per heavy atom. The van der Waals surface area contributed by atoms with Gasteiger partial charge in [0.05, 0.1) is 0 Å². The van der Waals surface area contributed by atoms with Gasteiger partial charge < -0.3 is 0 Å². The summed E-state index contributed by atoms with van der Waals surface area (Å²) in [6, 6.07) is 6.89. The number of aromatic nitrogens is 1. The summed E-state index contributed by atoms with van der Waals surface area (Å²) in [5.74, 6) is 0.164. The fraction of sp³-hybridized carbons (Fsp3) is 0.333. The summed E-state index contributed by atoms with van der Waals surface area (Å²) in [6.45, 7) is 4.18. The molecule has 1 aromatic heterocycles. The van der Waals surface area contributed by atoms with Crippen LogP contribution in [0.1, 0.15) is 41.8 Å². The van der Waals surface area contributed by atoms with Crippen molar-refractivity contribution in [3.63, 3.8) is 0 Å². The van der Waals surface area contributed by atoms with E-state index in [1.807, 2.05) is 6.07 Å². The van der Waals surface area contributed by atoms with Crippen molar-refractivity contribution in [2.24, 2.45) is 5.92 Å². The molecule has 1 aromatic carbocycles. The lowest BCUT2D eigenvalue weighted by molar-refractivity contribution is 0.0964. The number of pyridine rings is 1. The monoisotopic (exact) mass is 537 g/mol. The highest BCUT2D eigenvalue weighted by molar-refractivity contribution is 14.1. The molecular weight excluding hydrogens is 519 g/mol. The summed E-state index contributed by atoms with van der Waals surface area (Å²) >= 11 is 4.42. The minimum absolute atomic E-state index is 0.101. The van der Waals surface area contributed by atoms with E-state index >= 15 is 0 Å². The first-order chi connectivity index (χ1) is 10.9. The van der Waals surface area contributed by atoms with Gasteiger partial charge in [-0.1, -0.05) is 42.5 Å². The number of ketones is 1. The number of carbonyl (C=O) groups is 1. The fourth-order valence-electron chi connectivity index (χ4n) is 2.28. The third-order valence-corrected chi connectivity index (χ3v) is 5.79. The van der Waals surface area contributed by atoms with Crippen LogP contribution in [-0.4, -0.2) is 14.7 Å². The standard InChI is InChI=1S/C18H18FI2NO/c1-11(12(2)20)7-18(23)16-5-6-22-10-14(16)8-13-3-4-15(21)9-17(13)19/h3-6,9-12H,7-8H2,1-2H3. The Morgan fingerprint density at radius 1 is 1.26 bits per heavy atom. The van der Waals surface area contributed by atoms with E-state index in [2.05, 4.69) is 64.0 Å². The summed E-state index contributed by atoms with van der Waals surface area (Å²) in [5.41, 5.74) is 2.02. The average molecular weight is 537 g/mol. The molecule has 0 bridgehead atoms. The summed E-state index contributed by atoms with van der Waals surface area (Å²) in [5, 5.41) is 0. The van der Waals surface area contributed by atoms with Gasteiger partial charge in [0, 0.05) is 38.3 Å². The van der Waals surface area contributed by atoms with E-state index in [0.29, 0.717) is 33.8 Å². The van der Waals surface area contributed by atoms with Crippen molar-refractivity contribution in [2.75, 3.05) is 0 Å². The molecule has 122 valence electrons. The number of nitrogens with zero attached hydrogens (tertiary/aromatic N) is 1. The van der Waals surface area contributed by atoms with Gasteiger partial charge in [-0.15, -0.1) is 0 Å². The van der Waals surface area contributed by atoms with Crippen molar-refractivity contribution < 1.29 is 9.18 Å². The van der Waals surface area contributed by atoms with E-state index in [9.17, 15) is 9.18 Å². The fourth-order valence-corrected chi connectivity index (χ4v) is 2.98. The van der Waals surface area contributed by atoms with Gasteiger partial charge in [-0.3, -0.25) is 9.78 Å². The smallest absolute Gasteiger partial charge is 0.163 e. The Hall–Kier alpha value is -0.570. The van der Waals surface area contributed by atoms with Crippen LogP contribution in [0.4, 0.5) is 4.39 Å². The van der Waals surface area contributed by atoms with Crippen molar-refractivity contribution in [1.29, 1.82) is 0 Å². The molecule has 0 fully saturated rings. The zero-order valence-electron chi connectivity index (χ0n) is 13.0. The van der Waals surface area contributed by atoms with E-state index in [-0.39, 0.29) is 11.6 Å². The van der Waals surface area contributed by atoms with Gasteiger partial charge in [0.1, 0.15) is 5.82 Å². The molecule has 0 aliphatic rings. The zero-order valence-corrected chi connectivity index (χ0v) is 17.3. The minimum Gasteiger partial charge on any atom is -0.294 e. The highest BCUT2D eigenvalue weighted by Gasteiger charge is 2.18. The SMILES string of the molecule is CC(I)C(C)CC(=O)c1ccncc1Cc1ccc(I)cc1F. The third-order valence-electron chi connectivity index (χ3n) is 3.89. The largest absolute Gasteiger partial charge is 0.294 e. The van der Waals surface area contributed by atoms with Crippen molar-refractivity contribution >= 4 is 51.0 Å². The number of hydrogen-bond acceptors (Lipinski definition) is 2. The lowest BCUT2D eigenvalue weighted by atomic mass is 9.93. The maximum atomic E-state index is 14.1. The molecule has 2 aromatic rings. The quantitative estimate of drug-likeness (QED) is 0.279. The van der Waals surface area contributed by atoms with Gasteiger partial charge in [-0.05, 0) is 57.8 Å². The number of hydrogen-bond donors (Lipinski definition) is 0. The molecule has 0 radical (unpaired) electrons. The highest BCUT2D eigenvalue weighted by atomic mass is 127. The van der Waals surface area contributed by atoms with Gasteiger partial charge in [-0.2, -0.15) is 0 Å². The van der Waals surface area contributed by atoms with E-state index in [1.165, 1.54) is 6.07 Å². The van der Waals surface area contributed by atoms with Crippen LogP contribution < -0.4 is 0 Å². The molecule has 0 saturated carbocycles. The zero-order chi connectivity index (χ0) is 17.0. The van der Waals surface area contributed by atoms with Crippen molar-refractivity contribution in [1.82, 2.24) is 4.98 Å². The topological polar surface area (TPSA) is 30.0 Å². The maximum Gasteiger partial charge on any atom is 0.163 e. The van der Waals surface area contributed by atoms with E-state index in [0.717, 1.165) is 9.13 Å². The van der Waals surface area contributed by atoms with Crippen LogP contribution >= 0.6 is 45.2 Å². The highest BCUT2D eigenvalue weighted by Crippen LogP contribution is 2.22. The summed E-state index contributed by atoms with van der Waals surface area (Å²) < 4.78 is 15.4. The molecule has 0 amide bonds. The van der Waals surface area contributed by atoms with Crippen LogP contribution in [-0.2, 0) is 6.42 Å². The lowest BCUT2D eigenvalue weighted by Gasteiger charge is -2.15. The van der Waals surface area contributed by atoms with Crippen molar-refractivity contribution in [3.8, 4) is 0 Å². The number of carbonyl (C=O) groups excluding carboxylic acids is 1. The van der Waals surface area contributed by atoms with Gasteiger partial charge >= 0.3 is 0 Å². The number of alkyl halides is 1. The van der Waals surface area contributed by atoms with E-state index in [1.54, 1.807) is 24.5 Å². The van der Waals surface area contributed by atoms with Crippen LogP contribution in [0.25, 0.3) is 0 Å². The Morgan fingerprint density at radius 2 is 2.00 bits per heavy atom. The Bertz CT molecular complexity index is 703. The van der Waals surface area contributed by atoms with Crippen LogP contribution in [0, 0.1) is 15.3 Å². The van der Waals surface area contributed by atoms with Crippen LogP contribution in [0.5, 0.6) is 0 Å². The molecule has 0 spiro atoms. The normalized spacial score (nSPS) is 13.6. The number of halogens is 3. The molecule has 0 aliphatic carbocycles. The van der Waals surface area contributed by atoms with Crippen LogP contribution in [0.15, 0.2) is 36.7 Å². The number of rotatable bonds is 6. The Labute approximate surface area is 163 Å². The Balaban J connectivity index is 2.25. The van der Waals surface area contributed by atoms with Crippen molar-refractivity contribution in [2.45, 2.75) is 30.6 Å². The second kappa shape index (κ2) is 8.50. The van der Waals surface area contributed by atoms with Gasteiger partial charge in [0.2, 0.25) is 0 Å². The van der Waals surface area contributed by atoms with Gasteiger partial charge in [-0.25, -0.2) is 4.39 Å². The predicted molar refractivity (Wildman–Crippen MR) is 108 cm³/mol.